The number of allylic oxidation sites excluding steroid dienone is 1. The average molecular weight is 499 g/mol. The van der Waals surface area contributed by atoms with Crippen LogP contribution in [0, 0.1) is 5.92 Å². The van der Waals surface area contributed by atoms with Gasteiger partial charge in [-0.1, -0.05) is 66.6 Å². The van der Waals surface area contributed by atoms with Crippen molar-refractivity contribution in [3.05, 3.63) is 87.5 Å². The van der Waals surface area contributed by atoms with E-state index in [1.807, 2.05) is 48.5 Å². The Morgan fingerprint density at radius 3 is 2.71 bits per heavy atom. The Bertz CT molecular complexity index is 1260. The van der Waals surface area contributed by atoms with E-state index in [-0.39, 0.29) is 29.4 Å². The highest BCUT2D eigenvalue weighted by Gasteiger charge is 2.41. The van der Waals surface area contributed by atoms with Crippen LogP contribution in [0.3, 0.4) is 0 Å². The fraction of sp³-hybridized carbons (Fsp3) is 0.407. The van der Waals surface area contributed by atoms with Crippen LogP contribution in [0.15, 0.2) is 65.8 Å². The number of phenolic OH excluding ortho intramolecular Hbond substituents is 1. The van der Waals surface area contributed by atoms with Crippen LogP contribution in [0.25, 0.3) is 0 Å². The van der Waals surface area contributed by atoms with Crippen molar-refractivity contribution in [3.63, 3.8) is 0 Å². The molecule has 3 aliphatic rings. The summed E-state index contributed by atoms with van der Waals surface area (Å²) in [5, 5.41) is 10.8. The molecule has 0 aromatic heterocycles. The number of halogens is 1. The number of hydrogen-bond donors (Lipinski definition) is 2. The van der Waals surface area contributed by atoms with E-state index in [0.717, 1.165) is 36.9 Å². The van der Waals surface area contributed by atoms with Crippen molar-refractivity contribution in [2.45, 2.75) is 49.9 Å². The number of likely N-dealkylation sites (N-methyl/N-ethyl adjacent to an activating group) is 1. The van der Waals surface area contributed by atoms with Gasteiger partial charge >= 0.3 is 0 Å². The van der Waals surface area contributed by atoms with Gasteiger partial charge in [-0.3, -0.25) is 0 Å². The van der Waals surface area contributed by atoms with Crippen LogP contribution in [-0.2, 0) is 22.2 Å². The first kappa shape index (κ1) is 23.6. The van der Waals surface area contributed by atoms with Gasteiger partial charge in [-0.15, -0.1) is 0 Å². The van der Waals surface area contributed by atoms with Crippen LogP contribution in [0.2, 0.25) is 5.02 Å². The Morgan fingerprint density at radius 1 is 1.18 bits per heavy atom. The van der Waals surface area contributed by atoms with Crippen LogP contribution in [0.4, 0.5) is 0 Å². The lowest BCUT2D eigenvalue weighted by Crippen LogP contribution is -2.44. The molecule has 2 aliphatic carbocycles. The number of aromatic hydroxyl groups is 1. The summed E-state index contributed by atoms with van der Waals surface area (Å²) in [6.45, 7) is 3.06. The van der Waals surface area contributed by atoms with Crippen molar-refractivity contribution >= 4 is 21.6 Å². The third-order valence-corrected chi connectivity index (χ3v) is 9.38. The highest BCUT2D eigenvalue weighted by atomic mass is 35.5. The van der Waals surface area contributed by atoms with Crippen molar-refractivity contribution in [2.75, 3.05) is 13.6 Å². The van der Waals surface area contributed by atoms with E-state index in [1.54, 1.807) is 0 Å². The predicted octanol–water partition coefficient (Wildman–Crippen LogP) is 4.77. The van der Waals surface area contributed by atoms with Gasteiger partial charge in [0.15, 0.2) is 0 Å². The molecule has 2 unspecified atom stereocenters. The molecule has 0 radical (unpaired) electrons. The monoisotopic (exact) mass is 498 g/mol. The number of nitrogens with zero attached hydrogens (tertiary/aromatic N) is 1. The first-order valence-corrected chi connectivity index (χ1v) is 13.9. The van der Waals surface area contributed by atoms with E-state index in [0.29, 0.717) is 11.1 Å². The van der Waals surface area contributed by atoms with Crippen LogP contribution in [0.5, 0.6) is 5.75 Å². The van der Waals surface area contributed by atoms with Crippen LogP contribution in [-0.4, -0.2) is 44.1 Å². The number of fused-ring (bicyclic) bond motifs is 4. The average Bonchev–Trinajstić information content (AvgIpc) is 2.93. The molecule has 1 aliphatic heterocycles. The van der Waals surface area contributed by atoms with Crippen LogP contribution < -0.4 is 4.72 Å². The number of rotatable bonds is 4. The largest absolute Gasteiger partial charge is 0.506 e. The molecule has 0 spiro atoms. The molecular formula is C27H31ClN2O3S. The van der Waals surface area contributed by atoms with Gasteiger partial charge in [-0.2, -0.15) is 0 Å². The third kappa shape index (κ3) is 4.44. The van der Waals surface area contributed by atoms with Gasteiger partial charge in [-0.25, -0.2) is 13.1 Å². The first-order valence-electron chi connectivity index (χ1n) is 11.9. The fourth-order valence-corrected chi connectivity index (χ4v) is 7.53. The maximum Gasteiger partial charge on any atom is 0.216 e. The zero-order valence-corrected chi connectivity index (χ0v) is 21.1. The molecular weight excluding hydrogens is 468 g/mol. The summed E-state index contributed by atoms with van der Waals surface area (Å²) < 4.78 is 28.8. The Hall–Kier alpha value is -2.12. The summed E-state index contributed by atoms with van der Waals surface area (Å²) in [6.07, 6.45) is 6.97. The molecule has 4 atom stereocenters. The zero-order valence-electron chi connectivity index (χ0n) is 19.5. The Kier molecular flexibility index (Phi) is 6.36. The SMILES string of the molecule is CC1C2=C(C=CC1NS(=O)(=O)Cc1ccccc1)[C@@H]1c3cc(O)c(Cl)cc3CCN(C)[C@H]1CC2. The molecule has 2 N–H and O–H groups in total. The van der Waals surface area contributed by atoms with E-state index in [2.05, 4.69) is 29.7 Å². The number of sulfonamides is 1. The third-order valence-electron chi connectivity index (χ3n) is 7.73. The van der Waals surface area contributed by atoms with E-state index in [9.17, 15) is 13.5 Å². The molecule has 0 bridgehead atoms. The highest BCUT2D eigenvalue weighted by Crippen LogP contribution is 2.48. The van der Waals surface area contributed by atoms with Gasteiger partial charge in [0.25, 0.3) is 0 Å². The Morgan fingerprint density at radius 2 is 1.94 bits per heavy atom. The van der Waals surface area contributed by atoms with Crippen LogP contribution >= 0.6 is 11.6 Å². The quantitative estimate of drug-likeness (QED) is 0.637. The maximum atomic E-state index is 12.9. The van der Waals surface area contributed by atoms with E-state index >= 15 is 0 Å². The molecule has 2 aromatic rings. The summed E-state index contributed by atoms with van der Waals surface area (Å²) >= 11 is 6.25. The number of phenols is 1. The smallest absolute Gasteiger partial charge is 0.216 e. The molecule has 180 valence electrons. The van der Waals surface area contributed by atoms with Gasteiger partial charge in [0.1, 0.15) is 5.75 Å². The lowest BCUT2D eigenvalue weighted by Gasteiger charge is -2.43. The summed E-state index contributed by atoms with van der Waals surface area (Å²) in [5.74, 6) is 0.287. The molecule has 34 heavy (non-hydrogen) atoms. The van der Waals surface area contributed by atoms with Crippen molar-refractivity contribution in [2.24, 2.45) is 5.92 Å². The van der Waals surface area contributed by atoms with Gasteiger partial charge in [0, 0.05) is 24.5 Å². The molecule has 1 heterocycles. The van der Waals surface area contributed by atoms with E-state index in [1.165, 1.54) is 16.7 Å². The normalized spacial score (nSPS) is 27.0. The molecule has 0 saturated carbocycles. The molecule has 7 heteroatoms. The lowest BCUT2D eigenvalue weighted by atomic mass is 9.68. The molecule has 5 nitrogen and oxygen atoms in total. The van der Waals surface area contributed by atoms with E-state index < -0.39 is 10.0 Å². The van der Waals surface area contributed by atoms with Crippen molar-refractivity contribution in [1.82, 2.24) is 9.62 Å². The van der Waals surface area contributed by atoms with Crippen molar-refractivity contribution in [1.29, 1.82) is 0 Å². The molecule has 0 fully saturated rings. The lowest BCUT2D eigenvalue weighted by molar-refractivity contribution is 0.209. The molecule has 0 amide bonds. The van der Waals surface area contributed by atoms with Crippen molar-refractivity contribution in [3.8, 4) is 5.75 Å². The van der Waals surface area contributed by atoms with E-state index in [4.69, 9.17) is 11.6 Å². The second-order valence-electron chi connectivity index (χ2n) is 9.83. The number of hydrogen-bond acceptors (Lipinski definition) is 4. The van der Waals surface area contributed by atoms with Gasteiger partial charge in [0.05, 0.1) is 10.8 Å². The zero-order chi connectivity index (χ0) is 24.0. The summed E-state index contributed by atoms with van der Waals surface area (Å²) in [5.41, 5.74) is 5.68. The fourth-order valence-electron chi connectivity index (χ4n) is 5.93. The predicted molar refractivity (Wildman–Crippen MR) is 137 cm³/mol. The van der Waals surface area contributed by atoms with Gasteiger partial charge < -0.3 is 10.0 Å². The minimum atomic E-state index is -3.48. The maximum absolute atomic E-state index is 12.9. The summed E-state index contributed by atoms with van der Waals surface area (Å²) in [7, 11) is -1.31. The molecule has 2 aromatic carbocycles. The van der Waals surface area contributed by atoms with Gasteiger partial charge in [0.2, 0.25) is 10.0 Å². The minimum absolute atomic E-state index is 0.0281. The number of nitrogens with one attached hydrogen (secondary N) is 1. The summed E-state index contributed by atoms with van der Waals surface area (Å²) in [4.78, 5) is 2.42. The topological polar surface area (TPSA) is 69.6 Å². The highest BCUT2D eigenvalue weighted by molar-refractivity contribution is 7.88. The minimum Gasteiger partial charge on any atom is -0.506 e. The number of benzene rings is 2. The molecule has 0 saturated heterocycles. The summed E-state index contributed by atoms with van der Waals surface area (Å²) in [6, 6.07) is 13.1. The van der Waals surface area contributed by atoms with Crippen LogP contribution in [0.1, 0.15) is 42.4 Å². The second kappa shape index (κ2) is 9.15. The molecule has 5 rings (SSSR count). The van der Waals surface area contributed by atoms with Crippen molar-refractivity contribution < 1.29 is 13.5 Å². The Labute approximate surface area is 207 Å². The second-order valence-corrected chi connectivity index (χ2v) is 12.0. The standard InChI is InChI=1S/C27H31ClN2O3S/c1-17-20-9-11-25-27(22-15-26(31)23(28)14-19(22)12-13-30(25)2)21(20)8-10-24(17)29-34(32,33)16-18-6-4-3-5-7-18/h3-8,10,14-15,17,24-25,27,29,31H,9,11-13,16H2,1-2H3/t17?,24?,25-,27+/m0/s1. The van der Waals surface area contributed by atoms with Gasteiger partial charge in [-0.05, 0) is 66.6 Å². The Balaban J connectivity index is 1.45. The first-order chi connectivity index (χ1) is 16.2.